The number of aromatic nitrogens is 1. The van der Waals surface area contributed by atoms with E-state index < -0.39 is 0 Å². The third kappa shape index (κ3) is 2.28. The average molecular weight is 254 g/mol. The minimum absolute atomic E-state index is 0.125. The molecular formula is C16H18N2O. The summed E-state index contributed by atoms with van der Waals surface area (Å²) in [6.45, 7) is 3.71. The molecule has 3 nitrogen and oxygen atoms in total. The zero-order valence-electron chi connectivity index (χ0n) is 11.1. The van der Waals surface area contributed by atoms with Crippen molar-refractivity contribution in [1.29, 1.82) is 0 Å². The molecule has 1 aromatic heterocycles. The molecule has 2 heterocycles. The van der Waals surface area contributed by atoms with Gasteiger partial charge in [0.15, 0.2) is 5.78 Å². The van der Waals surface area contributed by atoms with Crippen molar-refractivity contribution in [2.24, 2.45) is 0 Å². The van der Waals surface area contributed by atoms with Crippen LogP contribution in [0.2, 0.25) is 0 Å². The average Bonchev–Trinajstić information content (AvgIpc) is 3.08. The van der Waals surface area contributed by atoms with Crippen molar-refractivity contribution in [1.82, 2.24) is 4.98 Å². The number of Topliss-reactive ketones (excluding diaryl/α,β-unsaturated/α-hetero) is 1. The van der Waals surface area contributed by atoms with E-state index in [0.717, 1.165) is 35.7 Å². The number of anilines is 1. The van der Waals surface area contributed by atoms with Crippen LogP contribution in [0.25, 0.3) is 11.3 Å². The second-order valence-electron chi connectivity index (χ2n) is 5.06. The summed E-state index contributed by atoms with van der Waals surface area (Å²) >= 11 is 0. The van der Waals surface area contributed by atoms with Crippen LogP contribution in [0.1, 0.15) is 30.1 Å². The number of rotatable bonds is 3. The van der Waals surface area contributed by atoms with Crippen LogP contribution in [0, 0.1) is 0 Å². The molecule has 0 atom stereocenters. The highest BCUT2D eigenvalue weighted by molar-refractivity contribution is 6.00. The lowest BCUT2D eigenvalue weighted by molar-refractivity contribution is 0.101. The minimum atomic E-state index is 0.125. The molecule has 1 aliphatic heterocycles. The van der Waals surface area contributed by atoms with Crippen molar-refractivity contribution in [3.8, 4) is 11.3 Å². The van der Waals surface area contributed by atoms with E-state index in [2.05, 4.69) is 22.0 Å². The van der Waals surface area contributed by atoms with Gasteiger partial charge in [0.1, 0.15) is 5.82 Å². The van der Waals surface area contributed by atoms with Crippen LogP contribution in [0.5, 0.6) is 0 Å². The second kappa shape index (κ2) is 4.92. The van der Waals surface area contributed by atoms with E-state index in [4.69, 9.17) is 0 Å². The van der Waals surface area contributed by atoms with E-state index in [-0.39, 0.29) is 5.78 Å². The Kier molecular flexibility index (Phi) is 3.11. The molecule has 3 heteroatoms. The lowest BCUT2D eigenvalue weighted by Gasteiger charge is -2.16. The molecule has 1 aliphatic rings. The summed E-state index contributed by atoms with van der Waals surface area (Å²) in [5.41, 5.74) is 2.95. The molecule has 0 amide bonds. The fraction of sp³-hybridized carbons (Fsp3) is 0.312. The number of H-pyrrole nitrogens is 1. The SMILES string of the molecule is CC(=O)c1cc(-c2ccccc2)[nH]c1N1CCCC1. The third-order valence-electron chi connectivity index (χ3n) is 3.68. The molecule has 19 heavy (non-hydrogen) atoms. The molecule has 1 fully saturated rings. The molecule has 0 aliphatic carbocycles. The summed E-state index contributed by atoms with van der Waals surface area (Å²) in [5, 5.41) is 0. The van der Waals surface area contributed by atoms with E-state index in [1.54, 1.807) is 6.92 Å². The minimum Gasteiger partial charge on any atom is -0.358 e. The van der Waals surface area contributed by atoms with Gasteiger partial charge in [-0.2, -0.15) is 0 Å². The van der Waals surface area contributed by atoms with Crippen LogP contribution in [0.4, 0.5) is 5.82 Å². The van der Waals surface area contributed by atoms with Gasteiger partial charge in [0.05, 0.1) is 5.56 Å². The predicted octanol–water partition coefficient (Wildman–Crippen LogP) is 3.48. The Balaban J connectivity index is 2.04. The predicted molar refractivity (Wildman–Crippen MR) is 77.7 cm³/mol. The van der Waals surface area contributed by atoms with Gasteiger partial charge in [0, 0.05) is 18.8 Å². The standard InChI is InChI=1S/C16H18N2O/c1-12(19)14-11-15(13-7-3-2-4-8-13)17-16(14)18-9-5-6-10-18/h2-4,7-8,11,17H,5-6,9-10H2,1H3. The Morgan fingerprint density at radius 3 is 2.47 bits per heavy atom. The maximum atomic E-state index is 11.8. The second-order valence-corrected chi connectivity index (χ2v) is 5.06. The number of nitrogens with one attached hydrogen (secondary N) is 1. The first-order chi connectivity index (χ1) is 9.25. The third-order valence-corrected chi connectivity index (χ3v) is 3.68. The van der Waals surface area contributed by atoms with Gasteiger partial charge >= 0.3 is 0 Å². The number of carbonyl (C=O) groups excluding carboxylic acids is 1. The van der Waals surface area contributed by atoms with Crippen LogP contribution >= 0.6 is 0 Å². The van der Waals surface area contributed by atoms with Gasteiger partial charge in [0.2, 0.25) is 0 Å². The van der Waals surface area contributed by atoms with Crippen molar-refractivity contribution >= 4 is 11.6 Å². The Hall–Kier alpha value is -2.03. The van der Waals surface area contributed by atoms with Crippen molar-refractivity contribution < 1.29 is 4.79 Å². The van der Waals surface area contributed by atoms with Crippen LogP contribution in [0.15, 0.2) is 36.4 Å². The molecule has 1 N–H and O–H groups in total. The number of benzene rings is 1. The van der Waals surface area contributed by atoms with Crippen LogP contribution in [-0.4, -0.2) is 23.9 Å². The molecule has 3 rings (SSSR count). The van der Waals surface area contributed by atoms with E-state index in [1.165, 1.54) is 12.8 Å². The van der Waals surface area contributed by atoms with Gasteiger partial charge < -0.3 is 9.88 Å². The zero-order chi connectivity index (χ0) is 13.2. The smallest absolute Gasteiger partial charge is 0.163 e. The topological polar surface area (TPSA) is 36.1 Å². The fourth-order valence-corrected chi connectivity index (χ4v) is 2.68. The van der Waals surface area contributed by atoms with Crippen molar-refractivity contribution in [3.05, 3.63) is 42.0 Å². The number of hydrogen-bond acceptors (Lipinski definition) is 2. The highest BCUT2D eigenvalue weighted by Crippen LogP contribution is 2.29. The number of carbonyl (C=O) groups is 1. The van der Waals surface area contributed by atoms with Crippen molar-refractivity contribution in [2.45, 2.75) is 19.8 Å². The van der Waals surface area contributed by atoms with Crippen molar-refractivity contribution in [2.75, 3.05) is 18.0 Å². The maximum absolute atomic E-state index is 11.8. The first-order valence-corrected chi connectivity index (χ1v) is 6.80. The highest BCUT2D eigenvalue weighted by Gasteiger charge is 2.20. The molecule has 0 radical (unpaired) electrons. The Morgan fingerprint density at radius 2 is 1.84 bits per heavy atom. The van der Waals surface area contributed by atoms with E-state index >= 15 is 0 Å². The number of aromatic amines is 1. The van der Waals surface area contributed by atoms with Crippen LogP contribution in [-0.2, 0) is 0 Å². The number of ketones is 1. The summed E-state index contributed by atoms with van der Waals surface area (Å²) in [5.74, 6) is 1.11. The van der Waals surface area contributed by atoms with Gasteiger partial charge in [-0.25, -0.2) is 0 Å². The van der Waals surface area contributed by atoms with Gasteiger partial charge in [-0.05, 0) is 31.4 Å². The van der Waals surface area contributed by atoms with E-state index in [9.17, 15) is 4.79 Å². The largest absolute Gasteiger partial charge is 0.358 e. The molecule has 2 aromatic rings. The normalized spacial score (nSPS) is 14.9. The zero-order valence-corrected chi connectivity index (χ0v) is 11.1. The van der Waals surface area contributed by atoms with Crippen LogP contribution in [0.3, 0.4) is 0 Å². The number of hydrogen-bond donors (Lipinski definition) is 1. The molecule has 0 unspecified atom stereocenters. The molecule has 0 spiro atoms. The summed E-state index contributed by atoms with van der Waals surface area (Å²) in [6, 6.07) is 12.1. The summed E-state index contributed by atoms with van der Waals surface area (Å²) < 4.78 is 0. The summed E-state index contributed by atoms with van der Waals surface area (Å²) in [6.07, 6.45) is 2.41. The Labute approximate surface area is 113 Å². The van der Waals surface area contributed by atoms with Gasteiger partial charge in [0.25, 0.3) is 0 Å². The van der Waals surface area contributed by atoms with Gasteiger partial charge in [-0.1, -0.05) is 30.3 Å². The molecule has 0 bridgehead atoms. The Morgan fingerprint density at radius 1 is 1.16 bits per heavy atom. The summed E-state index contributed by atoms with van der Waals surface area (Å²) in [7, 11) is 0. The van der Waals surface area contributed by atoms with Crippen molar-refractivity contribution in [3.63, 3.8) is 0 Å². The fourth-order valence-electron chi connectivity index (χ4n) is 2.68. The van der Waals surface area contributed by atoms with E-state index in [0.29, 0.717) is 0 Å². The maximum Gasteiger partial charge on any atom is 0.163 e. The number of nitrogens with zero attached hydrogens (tertiary/aromatic N) is 1. The van der Waals surface area contributed by atoms with Crippen LogP contribution < -0.4 is 4.90 Å². The highest BCUT2D eigenvalue weighted by atomic mass is 16.1. The lowest BCUT2D eigenvalue weighted by Crippen LogP contribution is -2.20. The Bertz CT molecular complexity index is 580. The molecule has 1 saturated heterocycles. The van der Waals surface area contributed by atoms with Gasteiger partial charge in [-0.15, -0.1) is 0 Å². The quantitative estimate of drug-likeness (QED) is 0.851. The molecule has 0 saturated carbocycles. The molecule has 98 valence electrons. The first kappa shape index (κ1) is 12.0. The lowest BCUT2D eigenvalue weighted by atomic mass is 10.1. The monoisotopic (exact) mass is 254 g/mol. The first-order valence-electron chi connectivity index (χ1n) is 6.80. The van der Waals surface area contributed by atoms with Gasteiger partial charge in [-0.3, -0.25) is 4.79 Å². The summed E-state index contributed by atoms with van der Waals surface area (Å²) in [4.78, 5) is 17.5. The molecule has 1 aromatic carbocycles. The molecular weight excluding hydrogens is 236 g/mol. The van der Waals surface area contributed by atoms with E-state index in [1.807, 2.05) is 24.3 Å².